The molecule has 29 heavy (non-hydrogen) atoms. The topological polar surface area (TPSA) is 69.0 Å². The van der Waals surface area contributed by atoms with Crippen molar-refractivity contribution in [1.82, 2.24) is 14.8 Å². The van der Waals surface area contributed by atoms with Gasteiger partial charge < -0.3 is 14.6 Å². The fourth-order valence-electron chi connectivity index (χ4n) is 3.08. The zero-order valence-electron chi connectivity index (χ0n) is 17.2. The van der Waals surface area contributed by atoms with E-state index in [1.165, 1.54) is 11.8 Å². The number of thioether (sulfide) groups is 1. The van der Waals surface area contributed by atoms with Crippen LogP contribution in [0, 0.1) is 13.8 Å². The Morgan fingerprint density at radius 3 is 2.45 bits per heavy atom. The van der Waals surface area contributed by atoms with Crippen LogP contribution in [0.25, 0.3) is 0 Å². The maximum Gasteiger partial charge on any atom is 0.234 e. The lowest BCUT2D eigenvalue weighted by Crippen LogP contribution is -2.16. The molecule has 6 nitrogen and oxygen atoms in total. The lowest BCUT2D eigenvalue weighted by molar-refractivity contribution is -0.113. The number of benzene rings is 2. The molecule has 0 fully saturated rings. The number of aromatic nitrogens is 3. The van der Waals surface area contributed by atoms with Crippen molar-refractivity contribution in [1.29, 1.82) is 0 Å². The molecule has 0 aliphatic heterocycles. The van der Waals surface area contributed by atoms with Gasteiger partial charge in [0.05, 0.1) is 5.75 Å². The van der Waals surface area contributed by atoms with Gasteiger partial charge in [-0.2, -0.15) is 0 Å². The highest BCUT2D eigenvalue weighted by Crippen LogP contribution is 2.25. The second-order valence-corrected chi connectivity index (χ2v) is 7.70. The van der Waals surface area contributed by atoms with Crippen LogP contribution in [-0.2, 0) is 11.3 Å². The summed E-state index contributed by atoms with van der Waals surface area (Å²) in [6, 6.07) is 15.6. The average molecular weight is 411 g/mol. The molecule has 7 heteroatoms. The van der Waals surface area contributed by atoms with E-state index in [-0.39, 0.29) is 17.8 Å². The van der Waals surface area contributed by atoms with E-state index in [1.807, 2.05) is 80.8 Å². The number of ether oxygens (including phenoxy) is 1. The highest BCUT2D eigenvalue weighted by atomic mass is 32.2. The van der Waals surface area contributed by atoms with Gasteiger partial charge in [0.1, 0.15) is 5.75 Å². The maximum atomic E-state index is 12.5. The first-order valence-electron chi connectivity index (χ1n) is 9.63. The molecule has 0 saturated heterocycles. The van der Waals surface area contributed by atoms with Crippen molar-refractivity contribution < 1.29 is 9.53 Å². The number of rotatable bonds is 8. The van der Waals surface area contributed by atoms with E-state index >= 15 is 0 Å². The number of nitrogens with one attached hydrogen (secondary N) is 1. The van der Waals surface area contributed by atoms with Gasteiger partial charge in [-0.3, -0.25) is 4.79 Å². The van der Waals surface area contributed by atoms with Gasteiger partial charge in [-0.15, -0.1) is 10.2 Å². The molecule has 1 aromatic heterocycles. The summed E-state index contributed by atoms with van der Waals surface area (Å²) in [4.78, 5) is 12.5. The smallest absolute Gasteiger partial charge is 0.234 e. The normalized spacial score (nSPS) is 11.9. The zero-order valence-corrected chi connectivity index (χ0v) is 18.0. The van der Waals surface area contributed by atoms with Crippen molar-refractivity contribution in [3.05, 3.63) is 65.5 Å². The summed E-state index contributed by atoms with van der Waals surface area (Å²) < 4.78 is 7.97. The number of carbonyl (C=O) groups excluding carboxylic acids is 1. The van der Waals surface area contributed by atoms with Crippen molar-refractivity contribution in [2.24, 2.45) is 0 Å². The van der Waals surface area contributed by atoms with Crippen LogP contribution in [0.2, 0.25) is 0 Å². The Morgan fingerprint density at radius 2 is 1.79 bits per heavy atom. The quantitative estimate of drug-likeness (QED) is 0.541. The molecule has 3 rings (SSSR count). The number of para-hydroxylation sites is 2. The van der Waals surface area contributed by atoms with Gasteiger partial charge in [-0.1, -0.05) is 48.2 Å². The van der Waals surface area contributed by atoms with Crippen molar-refractivity contribution in [3.63, 3.8) is 0 Å². The molecular formula is C22H26N4O2S. The van der Waals surface area contributed by atoms with E-state index in [2.05, 4.69) is 15.5 Å². The number of anilines is 1. The zero-order chi connectivity index (χ0) is 20.8. The van der Waals surface area contributed by atoms with Gasteiger partial charge in [0, 0.05) is 12.2 Å². The molecule has 3 aromatic rings. The first-order chi connectivity index (χ1) is 14.0. The third-order valence-electron chi connectivity index (χ3n) is 4.56. The number of hydrogen-bond donors (Lipinski definition) is 1. The summed E-state index contributed by atoms with van der Waals surface area (Å²) in [5.74, 6) is 1.73. The van der Waals surface area contributed by atoms with Crippen LogP contribution in [0.5, 0.6) is 5.75 Å². The summed E-state index contributed by atoms with van der Waals surface area (Å²) in [6.07, 6.45) is -0.248. The van der Waals surface area contributed by atoms with Crippen LogP contribution in [0.15, 0.2) is 53.7 Å². The maximum absolute atomic E-state index is 12.5. The van der Waals surface area contributed by atoms with E-state index in [4.69, 9.17) is 4.74 Å². The lowest BCUT2D eigenvalue weighted by atomic mass is 10.1. The van der Waals surface area contributed by atoms with Crippen molar-refractivity contribution >= 4 is 23.4 Å². The Bertz CT molecular complexity index is 952. The van der Waals surface area contributed by atoms with Gasteiger partial charge in [0.15, 0.2) is 17.1 Å². The first-order valence-corrected chi connectivity index (χ1v) is 10.6. The van der Waals surface area contributed by atoms with Gasteiger partial charge in [0.25, 0.3) is 0 Å². The molecule has 2 aromatic carbocycles. The molecule has 0 bridgehead atoms. The third kappa shape index (κ3) is 5.17. The van der Waals surface area contributed by atoms with Crippen molar-refractivity contribution in [2.75, 3.05) is 11.1 Å². The number of aryl methyl sites for hydroxylation is 2. The largest absolute Gasteiger partial charge is 0.483 e. The van der Waals surface area contributed by atoms with Crippen molar-refractivity contribution in [3.8, 4) is 5.75 Å². The van der Waals surface area contributed by atoms with Gasteiger partial charge >= 0.3 is 0 Å². The average Bonchev–Trinajstić information content (AvgIpc) is 3.13. The van der Waals surface area contributed by atoms with Gasteiger partial charge in [-0.05, 0) is 51.0 Å². The Balaban J connectivity index is 1.65. The molecule has 1 heterocycles. The number of hydrogen-bond acceptors (Lipinski definition) is 5. The molecule has 1 amide bonds. The molecule has 0 unspecified atom stereocenters. The third-order valence-corrected chi connectivity index (χ3v) is 5.53. The Hall–Kier alpha value is -2.80. The van der Waals surface area contributed by atoms with Crippen molar-refractivity contribution in [2.45, 2.75) is 45.5 Å². The first kappa shape index (κ1) is 20.9. The van der Waals surface area contributed by atoms with E-state index in [1.54, 1.807) is 0 Å². The minimum atomic E-state index is -0.248. The molecule has 0 saturated carbocycles. The van der Waals surface area contributed by atoms with E-state index < -0.39 is 0 Å². The second kappa shape index (κ2) is 9.60. The minimum absolute atomic E-state index is 0.0619. The summed E-state index contributed by atoms with van der Waals surface area (Å²) in [7, 11) is 0. The van der Waals surface area contributed by atoms with Gasteiger partial charge in [-0.25, -0.2) is 0 Å². The van der Waals surface area contributed by atoms with Crippen LogP contribution in [0.3, 0.4) is 0 Å². The number of carbonyl (C=O) groups is 1. The molecule has 0 aliphatic rings. The van der Waals surface area contributed by atoms with Gasteiger partial charge in [0.2, 0.25) is 5.91 Å². The van der Waals surface area contributed by atoms with Crippen LogP contribution < -0.4 is 10.1 Å². The molecule has 152 valence electrons. The fourth-order valence-corrected chi connectivity index (χ4v) is 3.89. The summed E-state index contributed by atoms with van der Waals surface area (Å²) in [5.41, 5.74) is 2.98. The molecule has 0 spiro atoms. The number of nitrogens with zero attached hydrogens (tertiary/aromatic N) is 3. The Kier molecular flexibility index (Phi) is 6.93. The predicted molar refractivity (Wildman–Crippen MR) is 116 cm³/mol. The summed E-state index contributed by atoms with van der Waals surface area (Å²) in [6.45, 7) is 8.66. The standard InChI is InChI=1S/C22H26N4O2S/c1-5-26-21(17(4)28-18-12-7-6-8-13-18)24-25-22(26)29-14-19(27)23-20-15(2)10-9-11-16(20)3/h6-13,17H,5,14H2,1-4H3,(H,23,27)/t17-/m1/s1. The van der Waals surface area contributed by atoms with Crippen LogP contribution in [0.1, 0.15) is 36.9 Å². The van der Waals surface area contributed by atoms with Crippen LogP contribution >= 0.6 is 11.8 Å². The van der Waals surface area contributed by atoms with Crippen LogP contribution in [0.4, 0.5) is 5.69 Å². The highest BCUT2D eigenvalue weighted by molar-refractivity contribution is 7.99. The van der Waals surface area contributed by atoms with E-state index in [0.29, 0.717) is 11.7 Å². The van der Waals surface area contributed by atoms with E-state index in [0.717, 1.165) is 28.4 Å². The summed E-state index contributed by atoms with van der Waals surface area (Å²) >= 11 is 1.38. The number of amides is 1. The Morgan fingerprint density at radius 1 is 1.10 bits per heavy atom. The lowest BCUT2D eigenvalue weighted by Gasteiger charge is -2.15. The molecule has 1 atom stereocenters. The summed E-state index contributed by atoms with van der Waals surface area (Å²) in [5, 5.41) is 12.3. The Labute approximate surface area is 175 Å². The fraction of sp³-hybridized carbons (Fsp3) is 0.318. The predicted octanol–water partition coefficient (Wildman–Crippen LogP) is 4.79. The molecule has 1 N–H and O–H groups in total. The minimum Gasteiger partial charge on any atom is -0.483 e. The molecule has 0 aliphatic carbocycles. The monoisotopic (exact) mass is 410 g/mol. The molecule has 0 radical (unpaired) electrons. The molecular weight excluding hydrogens is 384 g/mol. The van der Waals surface area contributed by atoms with E-state index in [9.17, 15) is 4.79 Å². The SMILES string of the molecule is CCn1c(SCC(=O)Nc2c(C)cccc2C)nnc1[C@@H](C)Oc1ccccc1. The second-order valence-electron chi connectivity index (χ2n) is 6.76. The van der Waals surface area contributed by atoms with Crippen LogP contribution in [-0.4, -0.2) is 26.4 Å². The highest BCUT2D eigenvalue weighted by Gasteiger charge is 2.19.